The highest BCUT2D eigenvalue weighted by Crippen LogP contribution is 2.35. The van der Waals surface area contributed by atoms with Gasteiger partial charge in [0.2, 0.25) is 5.91 Å². The summed E-state index contributed by atoms with van der Waals surface area (Å²) in [7, 11) is 0. The Kier molecular flexibility index (Phi) is 5.87. The molecule has 0 spiro atoms. The molecule has 7 heteroatoms. The van der Waals surface area contributed by atoms with Crippen molar-refractivity contribution < 1.29 is 14.4 Å². The second-order valence-electron chi connectivity index (χ2n) is 9.57. The van der Waals surface area contributed by atoms with Crippen molar-refractivity contribution in [2.45, 2.75) is 39.2 Å². The number of amides is 3. The van der Waals surface area contributed by atoms with Crippen LogP contribution < -0.4 is 4.90 Å². The zero-order valence-corrected chi connectivity index (χ0v) is 19.1. The van der Waals surface area contributed by atoms with Gasteiger partial charge in [0.05, 0.1) is 29.3 Å². The van der Waals surface area contributed by atoms with E-state index in [-0.39, 0.29) is 30.2 Å². The maximum Gasteiger partial charge on any atom is 0.263 e. The summed E-state index contributed by atoms with van der Waals surface area (Å²) in [6.45, 7) is 5.46. The number of carbonyl (C=O) groups is 3. The van der Waals surface area contributed by atoms with E-state index in [2.05, 4.69) is 16.8 Å². The van der Waals surface area contributed by atoms with E-state index in [1.54, 1.807) is 24.5 Å². The number of carbonyl (C=O) groups excluding carboxylic acids is 3. The molecule has 172 valence electrons. The van der Waals surface area contributed by atoms with E-state index < -0.39 is 0 Å². The normalized spacial score (nSPS) is 23.1. The Morgan fingerprint density at radius 3 is 2.67 bits per heavy atom. The van der Waals surface area contributed by atoms with Crippen LogP contribution in [0.2, 0.25) is 0 Å². The lowest BCUT2D eigenvalue weighted by atomic mass is 9.93. The van der Waals surface area contributed by atoms with Gasteiger partial charge in [-0.2, -0.15) is 0 Å². The van der Waals surface area contributed by atoms with Gasteiger partial charge in [-0.3, -0.25) is 24.3 Å². The fourth-order valence-electron chi connectivity index (χ4n) is 5.44. The molecular formula is C26H30N4O3. The molecule has 2 fully saturated rings. The third-order valence-corrected chi connectivity index (χ3v) is 7.12. The summed E-state index contributed by atoms with van der Waals surface area (Å²) in [4.78, 5) is 49.2. The predicted octanol–water partition coefficient (Wildman–Crippen LogP) is 3.35. The Hall–Kier alpha value is -3.22. The number of rotatable bonds is 4. The van der Waals surface area contributed by atoms with Crippen LogP contribution in [-0.4, -0.2) is 58.7 Å². The first-order valence-corrected chi connectivity index (χ1v) is 11.9. The van der Waals surface area contributed by atoms with Crippen molar-refractivity contribution in [1.82, 2.24) is 14.8 Å². The van der Waals surface area contributed by atoms with Gasteiger partial charge >= 0.3 is 0 Å². The number of benzene rings is 1. The molecule has 2 aromatic rings. The number of likely N-dealkylation sites (tertiary alicyclic amines) is 1. The van der Waals surface area contributed by atoms with Crippen LogP contribution in [0.25, 0.3) is 0 Å². The van der Waals surface area contributed by atoms with Crippen LogP contribution in [-0.2, 0) is 11.3 Å². The van der Waals surface area contributed by atoms with Crippen molar-refractivity contribution >= 4 is 23.4 Å². The van der Waals surface area contributed by atoms with Crippen LogP contribution in [0.15, 0.2) is 42.7 Å². The molecule has 0 bridgehead atoms. The van der Waals surface area contributed by atoms with E-state index in [0.717, 1.165) is 50.1 Å². The van der Waals surface area contributed by atoms with Crippen LogP contribution in [0.4, 0.5) is 5.69 Å². The highest BCUT2D eigenvalue weighted by atomic mass is 16.2. The molecule has 0 saturated carbocycles. The summed E-state index contributed by atoms with van der Waals surface area (Å²) in [5.74, 6) is 0.174. The number of fused-ring (bicyclic) bond motifs is 1. The van der Waals surface area contributed by atoms with Gasteiger partial charge in [-0.1, -0.05) is 19.1 Å². The second kappa shape index (κ2) is 8.96. The van der Waals surface area contributed by atoms with Crippen molar-refractivity contribution in [3.8, 4) is 0 Å². The Morgan fingerprint density at radius 2 is 1.88 bits per heavy atom. The summed E-state index contributed by atoms with van der Waals surface area (Å²) in [6.07, 6.45) is 7.36. The number of pyridine rings is 1. The number of aromatic nitrogens is 1. The molecule has 1 aromatic heterocycles. The number of hydrogen-bond acceptors (Lipinski definition) is 5. The summed E-state index contributed by atoms with van der Waals surface area (Å²) in [5, 5.41) is 0. The summed E-state index contributed by atoms with van der Waals surface area (Å²) < 4.78 is 0. The number of nitrogens with zero attached hydrogens (tertiary/aromatic N) is 4. The third kappa shape index (κ3) is 4.12. The minimum Gasteiger partial charge on any atom is -0.370 e. The van der Waals surface area contributed by atoms with Gasteiger partial charge in [0.1, 0.15) is 0 Å². The first-order valence-electron chi connectivity index (χ1n) is 11.9. The van der Waals surface area contributed by atoms with Gasteiger partial charge in [0, 0.05) is 38.6 Å². The number of imide groups is 1. The lowest BCUT2D eigenvalue weighted by Crippen LogP contribution is -2.48. The molecule has 4 heterocycles. The first-order chi connectivity index (χ1) is 16.0. The average Bonchev–Trinajstić information content (AvgIpc) is 3.09. The number of hydrogen-bond donors (Lipinski definition) is 0. The van der Waals surface area contributed by atoms with Gasteiger partial charge in [-0.25, -0.2) is 0 Å². The fourth-order valence-corrected chi connectivity index (χ4v) is 5.44. The van der Waals surface area contributed by atoms with Gasteiger partial charge < -0.3 is 9.80 Å². The molecule has 0 radical (unpaired) electrons. The van der Waals surface area contributed by atoms with Gasteiger partial charge in [-0.05, 0) is 55.4 Å². The topological polar surface area (TPSA) is 73.8 Å². The Labute approximate surface area is 194 Å². The number of piperidine rings is 2. The third-order valence-electron chi connectivity index (χ3n) is 7.12. The van der Waals surface area contributed by atoms with Crippen molar-refractivity contribution in [2.75, 3.05) is 31.1 Å². The van der Waals surface area contributed by atoms with Crippen molar-refractivity contribution in [1.29, 1.82) is 0 Å². The Morgan fingerprint density at radius 1 is 1.03 bits per heavy atom. The van der Waals surface area contributed by atoms with Crippen LogP contribution in [0, 0.1) is 11.8 Å². The van der Waals surface area contributed by atoms with Gasteiger partial charge in [0.25, 0.3) is 11.8 Å². The van der Waals surface area contributed by atoms with E-state index in [1.807, 2.05) is 23.1 Å². The van der Waals surface area contributed by atoms with Crippen LogP contribution >= 0.6 is 0 Å². The van der Waals surface area contributed by atoms with E-state index in [9.17, 15) is 14.4 Å². The quantitative estimate of drug-likeness (QED) is 0.674. The van der Waals surface area contributed by atoms with Crippen LogP contribution in [0.5, 0.6) is 0 Å². The monoisotopic (exact) mass is 446 g/mol. The maximum atomic E-state index is 13.4. The molecule has 0 aliphatic carbocycles. The molecule has 2 saturated heterocycles. The second-order valence-corrected chi connectivity index (χ2v) is 9.57. The zero-order chi connectivity index (χ0) is 22.9. The highest BCUT2D eigenvalue weighted by Gasteiger charge is 2.40. The average molecular weight is 447 g/mol. The van der Waals surface area contributed by atoms with Crippen LogP contribution in [0.3, 0.4) is 0 Å². The van der Waals surface area contributed by atoms with E-state index in [0.29, 0.717) is 23.6 Å². The summed E-state index contributed by atoms with van der Waals surface area (Å²) >= 11 is 0. The van der Waals surface area contributed by atoms with Crippen molar-refractivity contribution in [3.63, 3.8) is 0 Å². The van der Waals surface area contributed by atoms with Gasteiger partial charge in [-0.15, -0.1) is 0 Å². The van der Waals surface area contributed by atoms with Crippen molar-refractivity contribution in [3.05, 3.63) is 59.4 Å². The minimum atomic E-state index is -0.271. The molecule has 7 nitrogen and oxygen atoms in total. The minimum absolute atomic E-state index is 0.0707. The molecule has 3 aliphatic heterocycles. The molecule has 5 rings (SSSR count). The lowest BCUT2D eigenvalue weighted by molar-refractivity contribution is -0.137. The molecule has 3 aliphatic rings. The van der Waals surface area contributed by atoms with Crippen molar-refractivity contribution in [2.24, 2.45) is 11.8 Å². The maximum absolute atomic E-state index is 13.4. The number of anilines is 1. The molecule has 33 heavy (non-hydrogen) atoms. The highest BCUT2D eigenvalue weighted by molar-refractivity contribution is 6.23. The van der Waals surface area contributed by atoms with Crippen LogP contribution in [0.1, 0.15) is 58.9 Å². The van der Waals surface area contributed by atoms with Gasteiger partial charge in [0.15, 0.2) is 0 Å². The fraction of sp³-hybridized carbons (Fsp3) is 0.462. The smallest absolute Gasteiger partial charge is 0.263 e. The summed E-state index contributed by atoms with van der Waals surface area (Å²) in [6, 6.07) is 9.13. The standard InChI is InChI=1S/C26H30N4O3/c1-18-6-4-13-29(15-18)24(31)20-8-5-12-28(17-20)22-10-2-9-21-23(22)26(33)30(25(21)32)16-19-7-3-11-27-14-19/h2-3,7,9-11,14,18,20H,4-6,8,12-13,15-17H2,1H3/t18-,20-/m1/s1. The lowest BCUT2D eigenvalue weighted by Gasteiger charge is -2.38. The predicted molar refractivity (Wildman–Crippen MR) is 125 cm³/mol. The van der Waals surface area contributed by atoms with E-state index in [1.165, 1.54) is 11.3 Å². The Bertz CT molecular complexity index is 1070. The largest absolute Gasteiger partial charge is 0.370 e. The molecule has 0 unspecified atom stereocenters. The molecular weight excluding hydrogens is 416 g/mol. The molecule has 0 N–H and O–H groups in total. The molecule has 3 amide bonds. The summed E-state index contributed by atoms with van der Waals surface area (Å²) in [5.41, 5.74) is 2.49. The zero-order valence-electron chi connectivity index (χ0n) is 19.1. The molecule has 1 aromatic carbocycles. The molecule has 2 atom stereocenters. The Balaban J connectivity index is 1.37. The first kappa shape index (κ1) is 21.6. The SMILES string of the molecule is C[C@@H]1CCCN(C(=O)[C@@H]2CCCN(c3cccc4c3C(=O)N(Cc3cccnc3)C4=O)C2)C1. The van der Waals surface area contributed by atoms with E-state index in [4.69, 9.17) is 0 Å². The van der Waals surface area contributed by atoms with E-state index >= 15 is 0 Å².